The van der Waals surface area contributed by atoms with Crippen molar-refractivity contribution in [3.05, 3.63) is 10.6 Å². The van der Waals surface area contributed by atoms with E-state index in [1.807, 2.05) is 9.80 Å². The largest absolute Gasteiger partial charge is 0.441 e. The Morgan fingerprint density at radius 1 is 1.31 bits per heavy atom. The topological polar surface area (TPSA) is 75.6 Å². The Balaban J connectivity index is 1.61. The van der Waals surface area contributed by atoms with E-state index in [2.05, 4.69) is 30.4 Å². The van der Waals surface area contributed by atoms with Crippen molar-refractivity contribution in [1.29, 1.82) is 0 Å². The van der Waals surface area contributed by atoms with Gasteiger partial charge in [-0.25, -0.2) is 4.79 Å². The number of carbonyl (C=O) groups excluding carboxylic acids is 2. The summed E-state index contributed by atoms with van der Waals surface area (Å²) < 4.78 is 9.73. The molecule has 2 saturated heterocycles. The molecule has 1 aromatic rings. The Hall–Kier alpha value is -1.70. The molecular weight excluding hydrogens is 352 g/mol. The van der Waals surface area contributed by atoms with Gasteiger partial charge in [0.25, 0.3) is 5.91 Å². The van der Waals surface area contributed by atoms with Crippen LogP contribution in [0.5, 0.6) is 0 Å². The first kappa shape index (κ1) is 19.1. The lowest BCUT2D eigenvalue weighted by molar-refractivity contribution is 0.00318. The van der Waals surface area contributed by atoms with E-state index in [0.717, 1.165) is 31.4 Å². The number of carbonyl (C=O) groups is 2. The van der Waals surface area contributed by atoms with Crippen molar-refractivity contribution in [2.24, 2.45) is 0 Å². The summed E-state index contributed by atoms with van der Waals surface area (Å²) >= 11 is 1.18. The van der Waals surface area contributed by atoms with Crippen molar-refractivity contribution in [2.75, 3.05) is 19.6 Å². The molecular formula is C18H28N4O3S. The maximum absolute atomic E-state index is 12.8. The van der Waals surface area contributed by atoms with Gasteiger partial charge < -0.3 is 14.5 Å². The fourth-order valence-electron chi connectivity index (χ4n) is 3.85. The lowest BCUT2D eigenvalue weighted by Gasteiger charge is -2.37. The van der Waals surface area contributed by atoms with Gasteiger partial charge in [0, 0.05) is 32.0 Å². The Bertz CT molecular complexity index is 655. The standard InChI is InChI=1S/C18H28N4O3S/c1-4-6-13(3)22-12-18(25-17(22)24)8-10-21(11-9-18)16(23)15-14(7-5-2)19-20-26-15/h13H,4-12H2,1-3H3. The van der Waals surface area contributed by atoms with Gasteiger partial charge in [0.2, 0.25) is 0 Å². The summed E-state index contributed by atoms with van der Waals surface area (Å²) in [7, 11) is 0. The van der Waals surface area contributed by atoms with Crippen molar-refractivity contribution in [3.63, 3.8) is 0 Å². The zero-order valence-corrected chi connectivity index (χ0v) is 16.7. The molecule has 0 radical (unpaired) electrons. The highest BCUT2D eigenvalue weighted by Crippen LogP contribution is 2.35. The van der Waals surface area contributed by atoms with Gasteiger partial charge in [-0.15, -0.1) is 5.10 Å². The number of aromatic nitrogens is 2. The molecule has 2 amide bonds. The Labute approximate surface area is 158 Å². The van der Waals surface area contributed by atoms with Crippen LogP contribution in [-0.2, 0) is 11.2 Å². The van der Waals surface area contributed by atoms with Crippen molar-refractivity contribution in [1.82, 2.24) is 19.4 Å². The predicted molar refractivity (Wildman–Crippen MR) is 99.3 cm³/mol. The summed E-state index contributed by atoms with van der Waals surface area (Å²) in [5.74, 6) is 0.0128. The zero-order chi connectivity index (χ0) is 18.7. The summed E-state index contributed by atoms with van der Waals surface area (Å²) in [5.41, 5.74) is 0.364. The third-order valence-corrected chi connectivity index (χ3v) is 6.19. The molecule has 0 aromatic carbocycles. The smallest absolute Gasteiger partial charge is 0.410 e. The van der Waals surface area contributed by atoms with Gasteiger partial charge in [0.05, 0.1) is 12.2 Å². The number of nitrogens with zero attached hydrogens (tertiary/aromatic N) is 4. The highest BCUT2D eigenvalue weighted by atomic mass is 32.1. The number of rotatable bonds is 6. The number of aryl methyl sites for hydroxylation is 1. The average molecular weight is 381 g/mol. The summed E-state index contributed by atoms with van der Waals surface area (Å²) in [6, 6.07) is 0.200. The molecule has 1 atom stereocenters. The molecule has 1 spiro atoms. The lowest BCUT2D eigenvalue weighted by Crippen LogP contribution is -2.49. The number of piperidine rings is 1. The fourth-order valence-corrected chi connectivity index (χ4v) is 4.53. The minimum Gasteiger partial charge on any atom is -0.441 e. The second kappa shape index (κ2) is 7.90. The molecule has 2 aliphatic heterocycles. The summed E-state index contributed by atoms with van der Waals surface area (Å²) in [6.45, 7) is 8.11. The number of amides is 2. The van der Waals surface area contributed by atoms with Crippen LogP contribution in [0.1, 0.15) is 68.2 Å². The molecule has 1 aromatic heterocycles. The summed E-state index contributed by atoms with van der Waals surface area (Å²) in [5, 5.41) is 4.09. The molecule has 3 rings (SSSR count). The molecule has 3 heterocycles. The monoisotopic (exact) mass is 380 g/mol. The summed E-state index contributed by atoms with van der Waals surface area (Å²) in [4.78, 5) is 29.5. The zero-order valence-electron chi connectivity index (χ0n) is 15.9. The minimum absolute atomic E-state index is 0.0128. The van der Waals surface area contributed by atoms with Gasteiger partial charge in [-0.1, -0.05) is 31.2 Å². The van der Waals surface area contributed by atoms with E-state index in [-0.39, 0.29) is 18.0 Å². The third-order valence-electron chi connectivity index (χ3n) is 5.43. The fraction of sp³-hybridized carbons (Fsp3) is 0.778. The van der Waals surface area contributed by atoms with E-state index >= 15 is 0 Å². The second-order valence-electron chi connectivity index (χ2n) is 7.41. The highest BCUT2D eigenvalue weighted by molar-refractivity contribution is 7.08. The lowest BCUT2D eigenvalue weighted by atomic mass is 9.90. The number of hydrogen-bond acceptors (Lipinski definition) is 6. The molecule has 0 N–H and O–H groups in total. The Morgan fingerprint density at radius 3 is 2.69 bits per heavy atom. The molecule has 0 bridgehead atoms. The maximum Gasteiger partial charge on any atom is 0.410 e. The molecule has 0 saturated carbocycles. The molecule has 144 valence electrons. The molecule has 0 aliphatic carbocycles. The van der Waals surface area contributed by atoms with Crippen LogP contribution in [0.2, 0.25) is 0 Å². The van der Waals surface area contributed by atoms with E-state index in [1.165, 1.54) is 11.5 Å². The summed E-state index contributed by atoms with van der Waals surface area (Å²) in [6.07, 6.45) is 4.91. The quantitative estimate of drug-likeness (QED) is 0.758. The van der Waals surface area contributed by atoms with Crippen LogP contribution < -0.4 is 0 Å². The van der Waals surface area contributed by atoms with E-state index in [9.17, 15) is 9.59 Å². The van der Waals surface area contributed by atoms with Gasteiger partial charge >= 0.3 is 6.09 Å². The highest BCUT2D eigenvalue weighted by Gasteiger charge is 2.48. The van der Waals surface area contributed by atoms with Gasteiger partial charge in [-0.3, -0.25) is 4.79 Å². The van der Waals surface area contributed by atoms with Gasteiger partial charge in [0.15, 0.2) is 0 Å². The van der Waals surface area contributed by atoms with Crippen molar-refractivity contribution < 1.29 is 14.3 Å². The molecule has 2 fully saturated rings. The third kappa shape index (κ3) is 3.70. The van der Waals surface area contributed by atoms with Crippen LogP contribution in [0, 0.1) is 0 Å². The molecule has 1 unspecified atom stereocenters. The maximum atomic E-state index is 12.8. The number of hydrogen-bond donors (Lipinski definition) is 0. The van der Waals surface area contributed by atoms with Crippen LogP contribution >= 0.6 is 11.5 Å². The number of ether oxygens (including phenoxy) is 1. The van der Waals surface area contributed by atoms with Gasteiger partial charge in [0.1, 0.15) is 10.5 Å². The van der Waals surface area contributed by atoms with Gasteiger partial charge in [-0.2, -0.15) is 0 Å². The van der Waals surface area contributed by atoms with Crippen LogP contribution in [0.3, 0.4) is 0 Å². The first-order valence-corrected chi connectivity index (χ1v) is 10.4. The van der Waals surface area contributed by atoms with E-state index < -0.39 is 5.60 Å². The normalized spacial score (nSPS) is 20.5. The number of likely N-dealkylation sites (tertiary alicyclic amines) is 1. The predicted octanol–water partition coefficient (Wildman–Crippen LogP) is 3.11. The van der Waals surface area contributed by atoms with Crippen LogP contribution in [-0.4, -0.2) is 62.7 Å². The molecule has 8 heteroatoms. The van der Waals surface area contributed by atoms with Crippen molar-refractivity contribution in [2.45, 2.75) is 70.9 Å². The van der Waals surface area contributed by atoms with Crippen LogP contribution in [0.25, 0.3) is 0 Å². The second-order valence-corrected chi connectivity index (χ2v) is 8.16. The van der Waals surface area contributed by atoms with Crippen LogP contribution in [0.15, 0.2) is 0 Å². The van der Waals surface area contributed by atoms with E-state index in [0.29, 0.717) is 37.4 Å². The first-order chi connectivity index (χ1) is 12.5. The first-order valence-electron chi connectivity index (χ1n) is 9.59. The average Bonchev–Trinajstić information content (AvgIpc) is 3.20. The molecule has 26 heavy (non-hydrogen) atoms. The van der Waals surface area contributed by atoms with Crippen LogP contribution in [0.4, 0.5) is 4.79 Å². The SMILES string of the molecule is CCCc1nnsc1C(=O)N1CCC2(CC1)CN(C(C)CCC)C(=O)O2. The molecule has 2 aliphatic rings. The van der Waals surface area contributed by atoms with E-state index in [1.54, 1.807) is 0 Å². The van der Waals surface area contributed by atoms with Crippen molar-refractivity contribution in [3.8, 4) is 0 Å². The van der Waals surface area contributed by atoms with Crippen molar-refractivity contribution >= 4 is 23.5 Å². The van der Waals surface area contributed by atoms with Gasteiger partial charge in [-0.05, 0) is 31.3 Å². The Kier molecular flexibility index (Phi) is 5.79. The van der Waals surface area contributed by atoms with E-state index in [4.69, 9.17) is 4.74 Å². The molecule has 7 nitrogen and oxygen atoms in total. The Morgan fingerprint density at radius 2 is 2.04 bits per heavy atom. The minimum atomic E-state index is -0.436.